The van der Waals surface area contributed by atoms with Crippen LogP contribution in [0.5, 0.6) is 11.5 Å². The van der Waals surface area contributed by atoms with Crippen LogP contribution in [0, 0.1) is 5.82 Å². The van der Waals surface area contributed by atoms with Gasteiger partial charge in [0.25, 0.3) is 0 Å². The molecule has 0 aromatic heterocycles. The number of rotatable bonds is 4. The first-order valence-electron chi connectivity index (χ1n) is 6.38. The van der Waals surface area contributed by atoms with Gasteiger partial charge in [0.1, 0.15) is 17.3 Å². The number of benzene rings is 2. The van der Waals surface area contributed by atoms with E-state index in [-0.39, 0.29) is 17.3 Å². The number of phenolic OH excluding ortho intramolecular Hbond substituents is 2. The summed E-state index contributed by atoms with van der Waals surface area (Å²) in [6, 6.07) is 10.2. The predicted molar refractivity (Wildman–Crippen MR) is 86.3 cm³/mol. The number of hydrogen-bond donors (Lipinski definition) is 4. The maximum Gasteiger partial charge on any atom is 0.187 e. The molecule has 0 saturated carbocycles. The van der Waals surface area contributed by atoms with E-state index in [1.807, 2.05) is 0 Å². The van der Waals surface area contributed by atoms with Gasteiger partial charge in [-0.3, -0.25) is 5.43 Å². The Labute approximate surface area is 132 Å². The summed E-state index contributed by atoms with van der Waals surface area (Å²) in [6.45, 7) is 0.437. The SMILES string of the molecule is Oc1ccc(/C=N/NC(=S)NCc2ccc(F)cc2)c(O)c1. The van der Waals surface area contributed by atoms with Gasteiger partial charge in [-0.1, -0.05) is 12.1 Å². The zero-order chi connectivity index (χ0) is 15.9. The number of hydrazone groups is 1. The second kappa shape index (κ2) is 7.37. The van der Waals surface area contributed by atoms with Crippen molar-refractivity contribution in [2.45, 2.75) is 6.54 Å². The zero-order valence-corrected chi connectivity index (χ0v) is 12.3. The fraction of sp³-hybridized carbons (Fsp3) is 0.0667. The normalized spacial score (nSPS) is 10.6. The van der Waals surface area contributed by atoms with Crippen molar-refractivity contribution in [3.05, 3.63) is 59.4 Å². The summed E-state index contributed by atoms with van der Waals surface area (Å²) in [5.74, 6) is -0.405. The van der Waals surface area contributed by atoms with Crippen LogP contribution >= 0.6 is 12.2 Å². The summed E-state index contributed by atoms with van der Waals surface area (Å²) in [4.78, 5) is 0. The van der Waals surface area contributed by atoms with Crippen molar-refractivity contribution in [2.75, 3.05) is 0 Å². The van der Waals surface area contributed by atoms with Gasteiger partial charge in [0.2, 0.25) is 0 Å². The van der Waals surface area contributed by atoms with E-state index >= 15 is 0 Å². The molecular weight excluding hydrogens is 305 g/mol. The number of aromatic hydroxyl groups is 2. The minimum atomic E-state index is -0.289. The van der Waals surface area contributed by atoms with Crippen LogP contribution in [-0.4, -0.2) is 21.5 Å². The van der Waals surface area contributed by atoms with Crippen molar-refractivity contribution in [3.8, 4) is 11.5 Å². The van der Waals surface area contributed by atoms with E-state index in [0.717, 1.165) is 5.56 Å². The highest BCUT2D eigenvalue weighted by Gasteiger charge is 1.99. The molecule has 7 heteroatoms. The fourth-order valence-electron chi connectivity index (χ4n) is 1.63. The second-order valence-electron chi connectivity index (χ2n) is 4.42. The Balaban J connectivity index is 1.82. The Morgan fingerprint density at radius 3 is 2.59 bits per heavy atom. The monoisotopic (exact) mass is 319 g/mol. The van der Waals surface area contributed by atoms with Gasteiger partial charge in [-0.25, -0.2) is 4.39 Å². The smallest absolute Gasteiger partial charge is 0.187 e. The van der Waals surface area contributed by atoms with Crippen molar-refractivity contribution in [1.82, 2.24) is 10.7 Å². The van der Waals surface area contributed by atoms with Crippen LogP contribution in [0.4, 0.5) is 4.39 Å². The van der Waals surface area contributed by atoms with Gasteiger partial charge in [0.05, 0.1) is 6.21 Å². The maximum atomic E-state index is 12.8. The molecule has 0 atom stereocenters. The lowest BCUT2D eigenvalue weighted by Gasteiger charge is -2.07. The molecule has 2 aromatic carbocycles. The number of hydrogen-bond acceptors (Lipinski definition) is 4. The van der Waals surface area contributed by atoms with Crippen LogP contribution in [0.2, 0.25) is 0 Å². The highest BCUT2D eigenvalue weighted by atomic mass is 32.1. The second-order valence-corrected chi connectivity index (χ2v) is 4.83. The third-order valence-corrected chi connectivity index (χ3v) is 2.99. The zero-order valence-electron chi connectivity index (χ0n) is 11.5. The van der Waals surface area contributed by atoms with E-state index in [0.29, 0.717) is 17.2 Å². The van der Waals surface area contributed by atoms with E-state index in [9.17, 15) is 14.6 Å². The van der Waals surface area contributed by atoms with E-state index < -0.39 is 0 Å². The first-order valence-corrected chi connectivity index (χ1v) is 6.79. The molecule has 114 valence electrons. The van der Waals surface area contributed by atoms with Gasteiger partial charge < -0.3 is 15.5 Å². The lowest BCUT2D eigenvalue weighted by Crippen LogP contribution is -2.31. The minimum absolute atomic E-state index is 0.0286. The summed E-state index contributed by atoms with van der Waals surface area (Å²) in [5, 5.41) is 25.8. The molecule has 0 saturated heterocycles. The number of phenols is 2. The van der Waals surface area contributed by atoms with E-state index in [1.165, 1.54) is 36.5 Å². The predicted octanol–water partition coefficient (Wildman–Crippen LogP) is 2.24. The molecule has 0 aliphatic heterocycles. The van der Waals surface area contributed by atoms with Crippen molar-refractivity contribution in [2.24, 2.45) is 5.10 Å². The molecule has 22 heavy (non-hydrogen) atoms. The fourth-order valence-corrected chi connectivity index (χ4v) is 1.75. The van der Waals surface area contributed by atoms with Crippen LogP contribution in [0.1, 0.15) is 11.1 Å². The highest BCUT2D eigenvalue weighted by Crippen LogP contribution is 2.20. The standard InChI is InChI=1S/C15H14FN3O2S/c16-12-4-1-10(2-5-12)8-17-15(22)19-18-9-11-3-6-13(20)7-14(11)21/h1-7,9,20-21H,8H2,(H2,17,19,22)/b18-9+. The third kappa shape index (κ3) is 4.71. The minimum Gasteiger partial charge on any atom is -0.508 e. The molecule has 0 spiro atoms. The van der Waals surface area contributed by atoms with Crippen molar-refractivity contribution >= 4 is 23.5 Å². The van der Waals surface area contributed by atoms with E-state index in [2.05, 4.69) is 15.8 Å². The van der Waals surface area contributed by atoms with Crippen LogP contribution in [0.25, 0.3) is 0 Å². The number of thiocarbonyl (C=S) groups is 1. The molecule has 5 nitrogen and oxygen atoms in total. The highest BCUT2D eigenvalue weighted by molar-refractivity contribution is 7.80. The van der Waals surface area contributed by atoms with E-state index in [1.54, 1.807) is 12.1 Å². The molecule has 0 unspecified atom stereocenters. The molecule has 0 radical (unpaired) electrons. The molecule has 2 aromatic rings. The Morgan fingerprint density at radius 2 is 1.91 bits per heavy atom. The summed E-state index contributed by atoms with van der Waals surface area (Å²) >= 11 is 5.04. The topological polar surface area (TPSA) is 76.9 Å². The summed E-state index contributed by atoms with van der Waals surface area (Å²) in [6.07, 6.45) is 1.38. The van der Waals surface area contributed by atoms with Gasteiger partial charge in [0.15, 0.2) is 5.11 Å². The van der Waals surface area contributed by atoms with Crippen LogP contribution in [0.3, 0.4) is 0 Å². The molecule has 0 aliphatic carbocycles. The molecule has 0 bridgehead atoms. The molecule has 0 fully saturated rings. The lowest BCUT2D eigenvalue weighted by atomic mass is 10.2. The molecule has 0 heterocycles. The van der Waals surface area contributed by atoms with Crippen LogP contribution in [-0.2, 0) is 6.54 Å². The average Bonchev–Trinajstić information content (AvgIpc) is 2.49. The molecule has 2 rings (SSSR count). The van der Waals surface area contributed by atoms with Gasteiger partial charge in [0, 0.05) is 18.2 Å². The van der Waals surface area contributed by atoms with Crippen molar-refractivity contribution < 1.29 is 14.6 Å². The Hall–Kier alpha value is -2.67. The van der Waals surface area contributed by atoms with Gasteiger partial charge >= 0.3 is 0 Å². The van der Waals surface area contributed by atoms with Crippen molar-refractivity contribution in [3.63, 3.8) is 0 Å². The van der Waals surface area contributed by atoms with Gasteiger partial charge in [-0.15, -0.1) is 0 Å². The summed E-state index contributed by atoms with van der Waals surface area (Å²) in [7, 11) is 0. The molecular formula is C15H14FN3O2S. The van der Waals surface area contributed by atoms with Gasteiger partial charge in [-0.2, -0.15) is 5.10 Å². The average molecular weight is 319 g/mol. The lowest BCUT2D eigenvalue weighted by molar-refractivity contribution is 0.450. The largest absolute Gasteiger partial charge is 0.508 e. The Kier molecular flexibility index (Phi) is 5.26. The quantitative estimate of drug-likeness (QED) is 0.395. The van der Waals surface area contributed by atoms with Crippen LogP contribution in [0.15, 0.2) is 47.6 Å². The Bertz CT molecular complexity index is 690. The maximum absolute atomic E-state index is 12.8. The molecule has 0 amide bonds. The Morgan fingerprint density at radius 1 is 1.18 bits per heavy atom. The first-order chi connectivity index (χ1) is 10.5. The summed E-state index contributed by atoms with van der Waals surface area (Å²) in [5.41, 5.74) is 3.91. The third-order valence-electron chi connectivity index (χ3n) is 2.75. The number of nitrogens with zero attached hydrogens (tertiary/aromatic N) is 1. The number of halogens is 1. The van der Waals surface area contributed by atoms with Crippen molar-refractivity contribution in [1.29, 1.82) is 0 Å². The van der Waals surface area contributed by atoms with Crippen LogP contribution < -0.4 is 10.7 Å². The number of nitrogens with one attached hydrogen (secondary N) is 2. The summed E-state index contributed by atoms with van der Waals surface area (Å²) < 4.78 is 12.8. The van der Waals surface area contributed by atoms with Gasteiger partial charge in [-0.05, 0) is 42.0 Å². The molecule has 4 N–H and O–H groups in total. The first kappa shape index (κ1) is 15.7. The molecule has 0 aliphatic rings. The van der Waals surface area contributed by atoms with E-state index in [4.69, 9.17) is 12.2 Å².